The van der Waals surface area contributed by atoms with Gasteiger partial charge in [-0.05, 0) is 24.6 Å². The zero-order valence-corrected chi connectivity index (χ0v) is 20.8. The monoisotopic (exact) mass is 517 g/mol. The first kappa shape index (κ1) is 23.5. The minimum Gasteiger partial charge on any atom is -0.495 e. The Labute approximate surface area is 207 Å². The van der Waals surface area contributed by atoms with E-state index in [2.05, 4.69) is 20.3 Å². The summed E-state index contributed by atoms with van der Waals surface area (Å²) in [6.45, 7) is 1.71. The van der Waals surface area contributed by atoms with Gasteiger partial charge in [0.2, 0.25) is 5.95 Å². The average Bonchev–Trinajstić information content (AvgIpc) is 3.44. The van der Waals surface area contributed by atoms with Crippen molar-refractivity contribution in [2.45, 2.75) is 6.42 Å². The molecule has 184 valence electrons. The number of anilines is 1. The van der Waals surface area contributed by atoms with Crippen molar-refractivity contribution >= 4 is 33.6 Å². The van der Waals surface area contributed by atoms with Crippen molar-refractivity contribution in [2.24, 2.45) is 0 Å². The predicted molar refractivity (Wildman–Crippen MR) is 132 cm³/mol. The van der Waals surface area contributed by atoms with Crippen LogP contribution in [0.4, 0.5) is 5.95 Å². The van der Waals surface area contributed by atoms with Crippen LogP contribution in [-0.4, -0.2) is 76.7 Å². The highest BCUT2D eigenvalue weighted by Crippen LogP contribution is 2.36. The van der Waals surface area contributed by atoms with Gasteiger partial charge in [0.1, 0.15) is 23.4 Å². The van der Waals surface area contributed by atoms with Gasteiger partial charge < -0.3 is 14.5 Å². The lowest BCUT2D eigenvalue weighted by Gasteiger charge is -2.32. The molecule has 5 rings (SSSR count). The molecule has 11 nitrogen and oxygen atoms in total. The van der Waals surface area contributed by atoms with Gasteiger partial charge in [0.25, 0.3) is 10.2 Å². The number of benzene rings is 1. The number of imidazole rings is 1. The van der Waals surface area contributed by atoms with Gasteiger partial charge in [0.05, 0.1) is 17.8 Å². The van der Waals surface area contributed by atoms with Gasteiger partial charge in [-0.1, -0.05) is 17.7 Å². The fourth-order valence-electron chi connectivity index (χ4n) is 4.03. The summed E-state index contributed by atoms with van der Waals surface area (Å²) in [5.41, 5.74) is 2.76. The van der Waals surface area contributed by atoms with Gasteiger partial charge >= 0.3 is 5.84 Å². The SMILES string of the molecule is COc1cc(-c2nc3occn3c2-c2ccnc(NCCN3CCCN(C)S3(=O)=O)n2)ccc1Cl. The number of nitrogens with one attached hydrogen (secondary N) is 1. The number of methoxy groups -OCH3 is 1. The molecule has 1 aromatic carbocycles. The summed E-state index contributed by atoms with van der Waals surface area (Å²) in [5.74, 6) is 1.32. The lowest BCUT2D eigenvalue weighted by Crippen LogP contribution is -2.49. The minimum atomic E-state index is -3.42. The molecule has 1 aliphatic heterocycles. The highest BCUT2D eigenvalue weighted by Gasteiger charge is 2.30. The van der Waals surface area contributed by atoms with Crippen LogP contribution in [0.3, 0.4) is 0 Å². The van der Waals surface area contributed by atoms with Crippen molar-refractivity contribution in [1.82, 2.24) is 28.0 Å². The highest BCUT2D eigenvalue weighted by atomic mass is 35.5. The molecule has 0 radical (unpaired) electrons. The van der Waals surface area contributed by atoms with E-state index in [-0.39, 0.29) is 0 Å². The number of ether oxygens (including phenoxy) is 1. The fraction of sp³-hybridized carbons (Fsp3) is 0.318. The average molecular weight is 518 g/mol. The molecule has 0 unspecified atom stereocenters. The minimum absolute atomic E-state index is 0.314. The van der Waals surface area contributed by atoms with Crippen molar-refractivity contribution in [3.63, 3.8) is 0 Å². The molecule has 0 aliphatic carbocycles. The quantitative estimate of drug-likeness (QED) is 0.397. The topological polar surface area (TPSA) is 118 Å². The highest BCUT2D eigenvalue weighted by molar-refractivity contribution is 7.86. The maximum Gasteiger partial charge on any atom is 0.306 e. The van der Waals surface area contributed by atoms with Crippen LogP contribution in [0.25, 0.3) is 28.5 Å². The summed E-state index contributed by atoms with van der Waals surface area (Å²) in [5, 5.41) is 3.63. The molecule has 3 aromatic heterocycles. The summed E-state index contributed by atoms with van der Waals surface area (Å²) in [7, 11) is -0.268. The maximum atomic E-state index is 12.5. The van der Waals surface area contributed by atoms with Crippen LogP contribution in [-0.2, 0) is 10.2 Å². The number of rotatable bonds is 7. The van der Waals surface area contributed by atoms with Crippen LogP contribution < -0.4 is 10.1 Å². The second-order valence-electron chi connectivity index (χ2n) is 7.99. The molecule has 13 heteroatoms. The molecule has 0 saturated carbocycles. The number of fused-ring (bicyclic) bond motifs is 1. The third-order valence-corrected chi connectivity index (χ3v) is 8.13. The van der Waals surface area contributed by atoms with Gasteiger partial charge in [-0.25, -0.2) is 9.97 Å². The lowest BCUT2D eigenvalue weighted by atomic mass is 10.1. The van der Waals surface area contributed by atoms with Gasteiger partial charge in [-0.2, -0.15) is 22.0 Å². The Morgan fingerprint density at radius 2 is 2.09 bits per heavy atom. The first-order valence-corrected chi connectivity index (χ1v) is 12.7. The van der Waals surface area contributed by atoms with Crippen LogP contribution in [0.1, 0.15) is 6.42 Å². The van der Waals surface area contributed by atoms with Crippen LogP contribution >= 0.6 is 11.6 Å². The third kappa shape index (κ3) is 4.45. The standard InChI is InChI=1S/C22H24ClN7O4S/c1-28-9-3-10-29(35(28,31)32)11-8-25-21-24-7-6-17(26-21)20-19(27-22-30(20)12-13-34-22)15-4-5-16(23)18(14-15)33-2/h4-7,12-14H,3,8-11H2,1-2H3,(H,24,25,26). The molecule has 4 heterocycles. The predicted octanol–water partition coefficient (Wildman–Crippen LogP) is 3.01. The first-order valence-electron chi connectivity index (χ1n) is 11.0. The molecule has 0 atom stereocenters. The Morgan fingerprint density at radius 3 is 2.91 bits per heavy atom. The van der Waals surface area contributed by atoms with Gasteiger partial charge in [-0.3, -0.25) is 4.40 Å². The van der Waals surface area contributed by atoms with Gasteiger partial charge in [-0.15, -0.1) is 0 Å². The zero-order valence-electron chi connectivity index (χ0n) is 19.2. The van der Waals surface area contributed by atoms with E-state index < -0.39 is 10.2 Å². The smallest absolute Gasteiger partial charge is 0.306 e. The molecule has 1 fully saturated rings. The molecule has 35 heavy (non-hydrogen) atoms. The molecule has 0 amide bonds. The van der Waals surface area contributed by atoms with E-state index in [0.29, 0.717) is 65.8 Å². The summed E-state index contributed by atoms with van der Waals surface area (Å²) < 4.78 is 40.4. The van der Waals surface area contributed by atoms with Crippen molar-refractivity contribution in [3.8, 4) is 28.4 Å². The Bertz CT molecular complexity index is 1470. The third-order valence-electron chi connectivity index (χ3n) is 5.83. The Kier molecular flexibility index (Phi) is 6.36. The van der Waals surface area contributed by atoms with Crippen molar-refractivity contribution in [3.05, 3.63) is 47.9 Å². The molecule has 4 aromatic rings. The normalized spacial score (nSPS) is 16.5. The number of hydrogen-bond donors (Lipinski definition) is 1. The van der Waals surface area contributed by atoms with Crippen LogP contribution in [0.5, 0.6) is 5.75 Å². The maximum absolute atomic E-state index is 12.5. The van der Waals surface area contributed by atoms with E-state index in [1.165, 1.54) is 8.61 Å². The molecular weight excluding hydrogens is 494 g/mol. The Hall–Kier alpha value is -3.19. The van der Waals surface area contributed by atoms with E-state index in [1.54, 1.807) is 49.3 Å². The second kappa shape index (κ2) is 9.46. The number of oxazole rings is 1. The Balaban J connectivity index is 1.42. The number of aromatic nitrogens is 4. The summed E-state index contributed by atoms with van der Waals surface area (Å²) in [6.07, 6.45) is 5.75. The summed E-state index contributed by atoms with van der Waals surface area (Å²) in [4.78, 5) is 13.6. The van der Waals surface area contributed by atoms with E-state index in [9.17, 15) is 8.42 Å². The van der Waals surface area contributed by atoms with E-state index in [0.717, 1.165) is 12.0 Å². The number of hydrogen-bond acceptors (Lipinski definition) is 8. The molecule has 0 bridgehead atoms. The molecule has 1 saturated heterocycles. The molecule has 0 spiro atoms. The van der Waals surface area contributed by atoms with Crippen molar-refractivity contribution < 1.29 is 17.6 Å². The van der Waals surface area contributed by atoms with Crippen LogP contribution in [0, 0.1) is 0 Å². The van der Waals surface area contributed by atoms with Crippen molar-refractivity contribution in [2.75, 3.05) is 45.7 Å². The summed E-state index contributed by atoms with van der Waals surface area (Å²) in [6, 6.07) is 7.19. The molecular formula is C22H24ClN7O4S. The first-order chi connectivity index (χ1) is 16.9. The van der Waals surface area contributed by atoms with E-state index >= 15 is 0 Å². The van der Waals surface area contributed by atoms with E-state index in [4.69, 9.17) is 20.8 Å². The van der Waals surface area contributed by atoms with Gasteiger partial charge in [0, 0.05) is 51.2 Å². The molecule has 1 N–H and O–H groups in total. The van der Waals surface area contributed by atoms with Crippen LogP contribution in [0.15, 0.2) is 47.3 Å². The largest absolute Gasteiger partial charge is 0.495 e. The van der Waals surface area contributed by atoms with Gasteiger partial charge in [0.15, 0.2) is 0 Å². The molecule has 1 aliphatic rings. The number of halogens is 1. The number of nitrogens with zero attached hydrogens (tertiary/aromatic N) is 6. The summed E-state index contributed by atoms with van der Waals surface area (Å²) >= 11 is 6.21. The lowest BCUT2D eigenvalue weighted by molar-refractivity contribution is 0.313. The fourth-order valence-corrected chi connectivity index (χ4v) is 5.66. The van der Waals surface area contributed by atoms with Crippen molar-refractivity contribution in [1.29, 1.82) is 0 Å². The van der Waals surface area contributed by atoms with Crippen LogP contribution in [0.2, 0.25) is 5.02 Å². The zero-order chi connectivity index (χ0) is 24.6. The Morgan fingerprint density at radius 1 is 1.23 bits per heavy atom. The second-order valence-corrected chi connectivity index (χ2v) is 10.4. The van der Waals surface area contributed by atoms with E-state index in [1.807, 2.05) is 12.1 Å².